The molecule has 1 aliphatic rings. The first-order valence-electron chi connectivity index (χ1n) is 6.39. The van der Waals surface area contributed by atoms with E-state index in [1.54, 1.807) is 0 Å². The van der Waals surface area contributed by atoms with E-state index in [1.165, 1.54) is 5.56 Å². The molecule has 1 unspecified atom stereocenters. The molecule has 4 heteroatoms. The molecule has 1 heterocycles. The van der Waals surface area contributed by atoms with Gasteiger partial charge in [0, 0.05) is 38.0 Å². The number of hydrogen-bond donors (Lipinski definition) is 1. The highest BCUT2D eigenvalue weighted by Crippen LogP contribution is 2.11. The van der Waals surface area contributed by atoms with E-state index in [0.29, 0.717) is 12.3 Å². The second-order valence-electron chi connectivity index (χ2n) is 4.71. The second-order valence-corrected chi connectivity index (χ2v) is 5.09. The fraction of sp³-hybridized carbons (Fsp3) is 0.500. The van der Waals surface area contributed by atoms with Gasteiger partial charge in [-0.05, 0) is 12.0 Å². The minimum atomic E-state index is 0.172. The predicted molar refractivity (Wildman–Crippen MR) is 73.6 cm³/mol. The molecule has 0 bridgehead atoms. The highest BCUT2D eigenvalue weighted by Gasteiger charge is 2.22. The molecule has 1 atom stereocenters. The zero-order valence-corrected chi connectivity index (χ0v) is 11.2. The first-order valence-corrected chi connectivity index (χ1v) is 6.93. The molecular weight excluding hydrogens is 248 g/mol. The van der Waals surface area contributed by atoms with Crippen LogP contribution >= 0.6 is 11.6 Å². The van der Waals surface area contributed by atoms with E-state index in [0.717, 1.165) is 26.1 Å². The maximum atomic E-state index is 11.2. The maximum Gasteiger partial charge on any atom is 0.220 e. The number of halogens is 1. The highest BCUT2D eigenvalue weighted by atomic mass is 35.5. The topological polar surface area (TPSA) is 32.3 Å². The summed E-state index contributed by atoms with van der Waals surface area (Å²) in [6.07, 6.45) is 1.59. The molecule has 0 aliphatic carbocycles. The van der Waals surface area contributed by atoms with E-state index in [4.69, 9.17) is 11.6 Å². The van der Waals surface area contributed by atoms with Crippen LogP contribution in [0, 0.1) is 0 Å². The van der Waals surface area contributed by atoms with Crippen LogP contribution in [0.25, 0.3) is 0 Å². The van der Waals surface area contributed by atoms with Crippen molar-refractivity contribution in [3.8, 4) is 0 Å². The third-order valence-corrected chi connectivity index (χ3v) is 3.38. The van der Waals surface area contributed by atoms with Gasteiger partial charge in [0.15, 0.2) is 0 Å². The number of nitrogens with zero attached hydrogens (tertiary/aromatic N) is 1. The van der Waals surface area contributed by atoms with Crippen molar-refractivity contribution in [2.45, 2.75) is 25.4 Å². The van der Waals surface area contributed by atoms with Crippen LogP contribution in [0.2, 0.25) is 0 Å². The summed E-state index contributed by atoms with van der Waals surface area (Å²) in [6, 6.07) is 10.6. The smallest absolute Gasteiger partial charge is 0.220 e. The van der Waals surface area contributed by atoms with Crippen molar-refractivity contribution >= 4 is 17.5 Å². The van der Waals surface area contributed by atoms with Gasteiger partial charge in [-0.25, -0.2) is 0 Å². The van der Waals surface area contributed by atoms with Gasteiger partial charge in [0.2, 0.25) is 5.91 Å². The minimum Gasteiger partial charge on any atom is -0.352 e. The summed E-state index contributed by atoms with van der Waals surface area (Å²) in [5, 5.41) is 3.00. The van der Waals surface area contributed by atoms with Crippen LogP contribution in [-0.2, 0) is 11.3 Å². The third kappa shape index (κ3) is 4.00. The van der Waals surface area contributed by atoms with Crippen LogP contribution in [0.15, 0.2) is 30.3 Å². The molecule has 1 saturated heterocycles. The van der Waals surface area contributed by atoms with E-state index < -0.39 is 0 Å². The zero-order chi connectivity index (χ0) is 12.8. The van der Waals surface area contributed by atoms with Gasteiger partial charge in [-0.1, -0.05) is 30.3 Å². The van der Waals surface area contributed by atoms with Crippen LogP contribution in [0.5, 0.6) is 0 Å². The second kappa shape index (κ2) is 6.76. The Hall–Kier alpha value is -1.06. The largest absolute Gasteiger partial charge is 0.352 e. The summed E-state index contributed by atoms with van der Waals surface area (Å²) < 4.78 is 0. The van der Waals surface area contributed by atoms with Gasteiger partial charge in [-0.3, -0.25) is 9.69 Å². The molecule has 0 aromatic heterocycles. The Morgan fingerprint density at radius 1 is 1.33 bits per heavy atom. The van der Waals surface area contributed by atoms with Gasteiger partial charge < -0.3 is 5.32 Å². The lowest BCUT2D eigenvalue weighted by Gasteiger charge is -2.24. The molecule has 98 valence electrons. The standard InChI is InChI=1S/C14H19ClN2O/c15-8-9-17(10-12-4-2-1-3-5-12)11-13-6-7-14(18)16-13/h1-5,13H,6-11H2,(H,16,18). The van der Waals surface area contributed by atoms with E-state index in [1.807, 2.05) is 18.2 Å². The highest BCUT2D eigenvalue weighted by molar-refractivity contribution is 6.18. The van der Waals surface area contributed by atoms with E-state index in [9.17, 15) is 4.79 Å². The van der Waals surface area contributed by atoms with Crippen LogP contribution in [-0.4, -0.2) is 35.8 Å². The molecule has 1 aromatic carbocycles. The summed E-state index contributed by atoms with van der Waals surface area (Å²) in [5.41, 5.74) is 1.28. The summed E-state index contributed by atoms with van der Waals surface area (Å²) in [5.74, 6) is 0.790. The molecule has 1 aliphatic heterocycles. The van der Waals surface area contributed by atoms with Crippen molar-refractivity contribution in [3.63, 3.8) is 0 Å². The van der Waals surface area contributed by atoms with Crippen molar-refractivity contribution in [2.75, 3.05) is 19.0 Å². The molecule has 0 spiro atoms. The Morgan fingerprint density at radius 2 is 2.11 bits per heavy atom. The van der Waals surface area contributed by atoms with Gasteiger partial charge >= 0.3 is 0 Å². The number of rotatable bonds is 6. The first-order chi connectivity index (χ1) is 8.78. The first kappa shape index (κ1) is 13.4. The average molecular weight is 267 g/mol. The molecule has 2 rings (SSSR count). The van der Waals surface area contributed by atoms with Crippen molar-refractivity contribution < 1.29 is 4.79 Å². The molecule has 0 saturated carbocycles. The lowest BCUT2D eigenvalue weighted by molar-refractivity contribution is -0.119. The number of nitrogens with one attached hydrogen (secondary N) is 1. The SMILES string of the molecule is O=C1CCC(CN(CCCl)Cc2ccccc2)N1. The Kier molecular flexibility index (Phi) is 5.02. The zero-order valence-electron chi connectivity index (χ0n) is 10.4. The summed E-state index contributed by atoms with van der Waals surface area (Å²) >= 11 is 5.85. The van der Waals surface area contributed by atoms with Gasteiger partial charge in [0.1, 0.15) is 0 Å². The lowest BCUT2D eigenvalue weighted by Crippen LogP contribution is -2.39. The normalized spacial score (nSPS) is 19.2. The van der Waals surface area contributed by atoms with Crippen LogP contribution in [0.3, 0.4) is 0 Å². The molecule has 18 heavy (non-hydrogen) atoms. The number of alkyl halides is 1. The number of amides is 1. The molecular formula is C14H19ClN2O. The molecule has 1 amide bonds. The van der Waals surface area contributed by atoms with E-state index in [-0.39, 0.29) is 11.9 Å². The number of carbonyl (C=O) groups is 1. The monoisotopic (exact) mass is 266 g/mol. The molecule has 0 radical (unpaired) electrons. The number of benzene rings is 1. The van der Waals surface area contributed by atoms with E-state index >= 15 is 0 Å². The summed E-state index contributed by atoms with van der Waals surface area (Å²) in [6.45, 7) is 2.62. The molecule has 1 N–H and O–H groups in total. The van der Waals surface area contributed by atoms with Crippen LogP contribution in [0.4, 0.5) is 0 Å². The molecule has 1 aromatic rings. The number of carbonyl (C=O) groups excluding carboxylic acids is 1. The average Bonchev–Trinajstić information content (AvgIpc) is 2.76. The molecule has 1 fully saturated rings. The summed E-state index contributed by atoms with van der Waals surface area (Å²) in [4.78, 5) is 13.5. The van der Waals surface area contributed by atoms with E-state index in [2.05, 4.69) is 22.3 Å². The Bertz CT molecular complexity index is 383. The minimum absolute atomic E-state index is 0.172. The van der Waals surface area contributed by atoms with Crippen molar-refractivity contribution in [1.29, 1.82) is 0 Å². The maximum absolute atomic E-state index is 11.2. The van der Waals surface area contributed by atoms with Gasteiger partial charge in [0.05, 0.1) is 0 Å². The fourth-order valence-electron chi connectivity index (χ4n) is 2.32. The predicted octanol–water partition coefficient (Wildman–Crippen LogP) is 2.01. The summed E-state index contributed by atoms with van der Waals surface area (Å²) in [7, 11) is 0. The Morgan fingerprint density at radius 3 is 2.72 bits per heavy atom. The van der Waals surface area contributed by atoms with Crippen molar-refractivity contribution in [2.24, 2.45) is 0 Å². The quantitative estimate of drug-likeness (QED) is 0.799. The lowest BCUT2D eigenvalue weighted by atomic mass is 10.1. The third-order valence-electron chi connectivity index (χ3n) is 3.21. The van der Waals surface area contributed by atoms with Crippen molar-refractivity contribution in [1.82, 2.24) is 10.2 Å². The van der Waals surface area contributed by atoms with Gasteiger partial charge in [-0.15, -0.1) is 11.6 Å². The van der Waals surface area contributed by atoms with Crippen molar-refractivity contribution in [3.05, 3.63) is 35.9 Å². The van der Waals surface area contributed by atoms with Crippen LogP contribution in [0.1, 0.15) is 18.4 Å². The Balaban J connectivity index is 1.89. The van der Waals surface area contributed by atoms with Gasteiger partial charge in [0.25, 0.3) is 0 Å². The fourth-order valence-corrected chi connectivity index (χ4v) is 2.56. The molecule has 3 nitrogen and oxygen atoms in total. The van der Waals surface area contributed by atoms with Gasteiger partial charge in [-0.2, -0.15) is 0 Å². The van der Waals surface area contributed by atoms with Crippen LogP contribution < -0.4 is 5.32 Å². The Labute approximate surface area is 113 Å². The number of hydrogen-bond acceptors (Lipinski definition) is 2.